The summed E-state index contributed by atoms with van der Waals surface area (Å²) in [5, 5.41) is 8.94. The van der Waals surface area contributed by atoms with Crippen LogP contribution in [-0.4, -0.2) is 21.8 Å². The van der Waals surface area contributed by atoms with Crippen LogP contribution in [0.1, 0.15) is 5.69 Å². The Morgan fingerprint density at radius 2 is 2.17 bits per heavy atom. The number of rotatable bonds is 3. The molecule has 4 heteroatoms. The molecule has 0 saturated carbocycles. The van der Waals surface area contributed by atoms with Gasteiger partial charge in [-0.2, -0.15) is 5.10 Å². The summed E-state index contributed by atoms with van der Waals surface area (Å²) in [6, 6.07) is 10.4. The van der Waals surface area contributed by atoms with E-state index in [0.717, 1.165) is 23.3 Å². The number of aromatic amines is 1. The minimum Gasteiger partial charge on any atom is -0.360 e. The van der Waals surface area contributed by atoms with E-state index in [-0.39, 0.29) is 0 Å². The summed E-state index contributed by atoms with van der Waals surface area (Å²) in [7, 11) is 3.92. The first-order valence-corrected chi connectivity index (χ1v) is 6.03. The van der Waals surface area contributed by atoms with Gasteiger partial charge in [0.15, 0.2) is 0 Å². The van der Waals surface area contributed by atoms with Crippen molar-refractivity contribution in [1.29, 1.82) is 0 Å². The third-order valence-corrected chi connectivity index (χ3v) is 3.20. The smallest absolute Gasteiger partial charge is 0.0947 e. The zero-order valence-electron chi connectivity index (χ0n) is 10.6. The average Bonchev–Trinajstić information content (AvgIpc) is 2.94. The number of aryl methyl sites for hydroxylation is 1. The maximum absolute atomic E-state index is 4.58. The Hall–Kier alpha value is -2.07. The molecule has 3 rings (SSSR count). The van der Waals surface area contributed by atoms with Gasteiger partial charge in [-0.3, -0.25) is 4.68 Å². The number of nitrogens with one attached hydrogen (secondary N) is 2. The number of nitrogens with zero attached hydrogens (tertiary/aromatic N) is 2. The van der Waals surface area contributed by atoms with Gasteiger partial charge in [0.25, 0.3) is 0 Å². The molecule has 2 N–H and O–H groups in total. The summed E-state index contributed by atoms with van der Waals surface area (Å²) < 4.78 is 1.92. The van der Waals surface area contributed by atoms with Gasteiger partial charge in [-0.05, 0) is 19.2 Å². The van der Waals surface area contributed by atoms with Crippen molar-refractivity contribution in [2.75, 3.05) is 7.05 Å². The van der Waals surface area contributed by atoms with E-state index < -0.39 is 0 Å². The number of fused-ring (bicyclic) bond motifs is 1. The molecule has 0 atom stereocenters. The molecule has 4 nitrogen and oxygen atoms in total. The molecule has 0 aliphatic heterocycles. The molecule has 0 aliphatic rings. The largest absolute Gasteiger partial charge is 0.360 e. The van der Waals surface area contributed by atoms with Crippen molar-refractivity contribution in [1.82, 2.24) is 20.1 Å². The predicted molar refractivity (Wildman–Crippen MR) is 73.3 cm³/mol. The second kappa shape index (κ2) is 4.31. The van der Waals surface area contributed by atoms with Gasteiger partial charge in [0.2, 0.25) is 0 Å². The standard InChI is InChI=1S/C14H16N4/c1-15-8-10-7-14(17-18(10)2)12-9-16-13-6-4-3-5-11(12)13/h3-7,9,15-16H,8H2,1-2H3. The zero-order valence-corrected chi connectivity index (χ0v) is 10.6. The van der Waals surface area contributed by atoms with Gasteiger partial charge in [0.1, 0.15) is 0 Å². The molecule has 1 aromatic carbocycles. The number of hydrogen-bond acceptors (Lipinski definition) is 2. The average molecular weight is 240 g/mol. The molecule has 0 saturated heterocycles. The molecule has 0 unspecified atom stereocenters. The molecule has 92 valence electrons. The molecule has 2 aromatic heterocycles. The van der Waals surface area contributed by atoms with E-state index in [4.69, 9.17) is 0 Å². The van der Waals surface area contributed by atoms with Crippen LogP contribution in [0, 0.1) is 0 Å². The molecule has 2 heterocycles. The highest BCUT2D eigenvalue weighted by atomic mass is 15.3. The Labute approximate surface area is 106 Å². The van der Waals surface area contributed by atoms with Gasteiger partial charge in [-0.15, -0.1) is 0 Å². The Morgan fingerprint density at radius 3 is 3.00 bits per heavy atom. The van der Waals surface area contributed by atoms with Gasteiger partial charge in [0, 0.05) is 36.3 Å². The predicted octanol–water partition coefficient (Wildman–Crippen LogP) is 2.29. The normalized spacial score (nSPS) is 11.2. The third kappa shape index (κ3) is 1.71. The van der Waals surface area contributed by atoms with Crippen LogP contribution in [0.15, 0.2) is 36.5 Å². The fourth-order valence-electron chi connectivity index (χ4n) is 2.27. The van der Waals surface area contributed by atoms with Gasteiger partial charge in [-0.25, -0.2) is 0 Å². The summed E-state index contributed by atoms with van der Waals surface area (Å²) in [4.78, 5) is 3.28. The lowest BCUT2D eigenvalue weighted by atomic mass is 10.1. The Bertz CT molecular complexity index is 678. The van der Waals surface area contributed by atoms with Gasteiger partial charge < -0.3 is 10.3 Å². The highest BCUT2D eigenvalue weighted by Gasteiger charge is 2.10. The highest BCUT2D eigenvalue weighted by Crippen LogP contribution is 2.27. The Balaban J connectivity index is 2.11. The number of aromatic nitrogens is 3. The molecule has 18 heavy (non-hydrogen) atoms. The Kier molecular flexibility index (Phi) is 2.64. The Morgan fingerprint density at radius 1 is 1.33 bits per heavy atom. The lowest BCUT2D eigenvalue weighted by molar-refractivity contribution is 0.673. The SMILES string of the molecule is CNCc1cc(-c2c[nH]c3ccccc23)nn1C. The topological polar surface area (TPSA) is 45.6 Å². The minimum atomic E-state index is 0.825. The van der Waals surface area contributed by atoms with Crippen LogP contribution in [-0.2, 0) is 13.6 Å². The van der Waals surface area contributed by atoms with Crippen LogP contribution >= 0.6 is 0 Å². The highest BCUT2D eigenvalue weighted by molar-refractivity contribution is 5.94. The first kappa shape index (κ1) is 11.0. The van der Waals surface area contributed by atoms with Crippen LogP contribution < -0.4 is 5.32 Å². The first-order chi connectivity index (χ1) is 8.79. The molecular weight excluding hydrogens is 224 g/mol. The van der Waals surface area contributed by atoms with Crippen LogP contribution in [0.5, 0.6) is 0 Å². The van der Waals surface area contributed by atoms with E-state index in [1.165, 1.54) is 11.1 Å². The van der Waals surface area contributed by atoms with Crippen LogP contribution in [0.25, 0.3) is 22.2 Å². The monoisotopic (exact) mass is 240 g/mol. The maximum Gasteiger partial charge on any atom is 0.0947 e. The summed E-state index contributed by atoms with van der Waals surface area (Å²) >= 11 is 0. The summed E-state index contributed by atoms with van der Waals surface area (Å²) in [6.07, 6.45) is 2.02. The molecule has 0 radical (unpaired) electrons. The van der Waals surface area contributed by atoms with E-state index >= 15 is 0 Å². The first-order valence-electron chi connectivity index (χ1n) is 6.03. The third-order valence-electron chi connectivity index (χ3n) is 3.20. The minimum absolute atomic E-state index is 0.825. The van der Waals surface area contributed by atoms with Crippen molar-refractivity contribution in [2.45, 2.75) is 6.54 Å². The second-order valence-electron chi connectivity index (χ2n) is 4.42. The molecule has 0 aliphatic carbocycles. The molecule has 0 fully saturated rings. The maximum atomic E-state index is 4.58. The van der Waals surface area contributed by atoms with Crippen LogP contribution in [0.2, 0.25) is 0 Å². The second-order valence-corrected chi connectivity index (χ2v) is 4.42. The van der Waals surface area contributed by atoms with Crippen molar-refractivity contribution in [3.8, 4) is 11.3 Å². The van der Waals surface area contributed by atoms with Crippen molar-refractivity contribution < 1.29 is 0 Å². The van der Waals surface area contributed by atoms with Crippen molar-refractivity contribution in [3.63, 3.8) is 0 Å². The molecular formula is C14H16N4. The van der Waals surface area contributed by atoms with E-state index in [2.05, 4.69) is 39.7 Å². The summed E-state index contributed by atoms with van der Waals surface area (Å²) in [5.41, 5.74) is 4.50. The van der Waals surface area contributed by atoms with Crippen molar-refractivity contribution >= 4 is 10.9 Å². The molecule has 0 bridgehead atoms. The van der Waals surface area contributed by atoms with E-state index in [1.54, 1.807) is 0 Å². The quantitative estimate of drug-likeness (QED) is 0.737. The fourth-order valence-corrected chi connectivity index (χ4v) is 2.27. The number of hydrogen-bond donors (Lipinski definition) is 2. The zero-order chi connectivity index (χ0) is 12.5. The molecule has 3 aromatic rings. The van der Waals surface area contributed by atoms with Crippen LogP contribution in [0.4, 0.5) is 0 Å². The number of benzene rings is 1. The van der Waals surface area contributed by atoms with Crippen LogP contribution in [0.3, 0.4) is 0 Å². The van der Waals surface area contributed by atoms with E-state index in [0.29, 0.717) is 0 Å². The molecule has 0 spiro atoms. The van der Waals surface area contributed by atoms with Gasteiger partial charge in [0.05, 0.1) is 11.4 Å². The summed E-state index contributed by atoms with van der Waals surface area (Å²) in [5.74, 6) is 0. The fraction of sp³-hybridized carbons (Fsp3) is 0.214. The number of para-hydroxylation sites is 1. The van der Waals surface area contributed by atoms with Crippen molar-refractivity contribution in [3.05, 3.63) is 42.2 Å². The van der Waals surface area contributed by atoms with E-state index in [1.807, 2.05) is 31.0 Å². The van der Waals surface area contributed by atoms with E-state index in [9.17, 15) is 0 Å². The van der Waals surface area contributed by atoms with Gasteiger partial charge in [-0.1, -0.05) is 18.2 Å². The van der Waals surface area contributed by atoms with Crippen molar-refractivity contribution in [2.24, 2.45) is 7.05 Å². The number of H-pyrrole nitrogens is 1. The lowest BCUT2D eigenvalue weighted by Gasteiger charge is -1.97. The molecule has 0 amide bonds. The lowest BCUT2D eigenvalue weighted by Crippen LogP contribution is -2.09. The summed E-state index contributed by atoms with van der Waals surface area (Å²) in [6.45, 7) is 0.825. The van der Waals surface area contributed by atoms with Gasteiger partial charge >= 0.3 is 0 Å².